The lowest BCUT2D eigenvalue weighted by atomic mass is 10.2. The molecule has 0 saturated carbocycles. The maximum absolute atomic E-state index is 13.2. The van der Waals surface area contributed by atoms with Crippen LogP contribution in [0.4, 0.5) is 10.1 Å². The number of ketones is 1. The lowest BCUT2D eigenvalue weighted by molar-refractivity contribution is 0.101. The van der Waals surface area contributed by atoms with Gasteiger partial charge in [0.05, 0.1) is 29.2 Å². The fourth-order valence-electron chi connectivity index (χ4n) is 2.38. The molecule has 1 fully saturated rings. The fraction of sp³-hybridized carbons (Fsp3) is 0.385. The van der Waals surface area contributed by atoms with Gasteiger partial charge in [0.25, 0.3) is 0 Å². The van der Waals surface area contributed by atoms with Crippen LogP contribution in [0.15, 0.2) is 24.5 Å². The number of fused-ring (bicyclic) bond motifs is 1. The maximum atomic E-state index is 13.2. The second-order valence-electron chi connectivity index (χ2n) is 4.66. The van der Waals surface area contributed by atoms with Gasteiger partial charge in [-0.05, 0) is 25.5 Å². The maximum Gasteiger partial charge on any atom is 0.163 e. The van der Waals surface area contributed by atoms with Crippen LogP contribution in [0.5, 0.6) is 0 Å². The molecule has 0 bridgehead atoms. The van der Waals surface area contributed by atoms with E-state index in [0.717, 1.165) is 17.7 Å². The number of aromatic nitrogens is 2. The predicted molar refractivity (Wildman–Crippen MR) is 66.9 cm³/mol. The van der Waals surface area contributed by atoms with Gasteiger partial charge in [0.1, 0.15) is 6.17 Å². The number of hydrogen-bond acceptors (Lipinski definition) is 3. The highest BCUT2D eigenvalue weighted by atomic mass is 19.1. The summed E-state index contributed by atoms with van der Waals surface area (Å²) < 4.78 is 14.9. The zero-order chi connectivity index (χ0) is 12.7. The summed E-state index contributed by atoms with van der Waals surface area (Å²) >= 11 is 0. The number of halogens is 1. The molecule has 0 spiro atoms. The van der Waals surface area contributed by atoms with Crippen molar-refractivity contribution in [3.05, 3.63) is 30.1 Å². The molecule has 0 radical (unpaired) electrons. The highest BCUT2D eigenvalue weighted by Crippen LogP contribution is 2.23. The van der Waals surface area contributed by atoms with E-state index in [9.17, 15) is 9.18 Å². The Hall–Kier alpha value is -1.91. The van der Waals surface area contributed by atoms with Crippen molar-refractivity contribution in [2.24, 2.45) is 0 Å². The summed E-state index contributed by atoms with van der Waals surface area (Å²) in [7, 11) is 0. The van der Waals surface area contributed by atoms with E-state index in [1.54, 1.807) is 10.7 Å². The summed E-state index contributed by atoms with van der Waals surface area (Å²) in [5.74, 6) is 0.00254. The Kier molecular flexibility index (Phi) is 2.54. The summed E-state index contributed by atoms with van der Waals surface area (Å²) in [5, 5.41) is 4.17. The van der Waals surface area contributed by atoms with Gasteiger partial charge in [-0.3, -0.25) is 4.79 Å². The first-order chi connectivity index (χ1) is 8.65. The van der Waals surface area contributed by atoms with Gasteiger partial charge in [-0.15, -0.1) is 0 Å². The number of nitrogens with zero attached hydrogens (tertiary/aromatic N) is 3. The smallest absolute Gasteiger partial charge is 0.163 e. The van der Waals surface area contributed by atoms with E-state index in [4.69, 9.17) is 0 Å². The second-order valence-corrected chi connectivity index (χ2v) is 4.66. The van der Waals surface area contributed by atoms with E-state index >= 15 is 0 Å². The third-order valence-electron chi connectivity index (χ3n) is 3.38. The van der Waals surface area contributed by atoms with Gasteiger partial charge < -0.3 is 4.90 Å². The molecular formula is C13H14FN3O. The molecule has 0 aliphatic carbocycles. The second kappa shape index (κ2) is 4.08. The zero-order valence-corrected chi connectivity index (χ0v) is 10.1. The first-order valence-corrected chi connectivity index (χ1v) is 6.02. The summed E-state index contributed by atoms with van der Waals surface area (Å²) in [6.07, 6.45) is 3.25. The average molecular weight is 247 g/mol. The number of alkyl halides is 1. The molecule has 1 aliphatic rings. The van der Waals surface area contributed by atoms with Crippen LogP contribution in [0.1, 0.15) is 23.7 Å². The first kappa shape index (κ1) is 11.2. The number of hydrogen-bond donors (Lipinski definition) is 0. The molecular weight excluding hydrogens is 233 g/mol. The number of anilines is 1. The van der Waals surface area contributed by atoms with Crippen LogP contribution in [0.3, 0.4) is 0 Å². The summed E-state index contributed by atoms with van der Waals surface area (Å²) in [6, 6.07) is 3.78. The Balaban J connectivity index is 1.99. The molecule has 94 valence electrons. The van der Waals surface area contributed by atoms with Crippen LogP contribution in [0, 0.1) is 0 Å². The van der Waals surface area contributed by atoms with Crippen molar-refractivity contribution in [2.45, 2.75) is 19.5 Å². The van der Waals surface area contributed by atoms with Crippen molar-refractivity contribution < 1.29 is 9.18 Å². The van der Waals surface area contributed by atoms with Gasteiger partial charge in [0, 0.05) is 13.1 Å². The Morgan fingerprint density at radius 3 is 3.00 bits per heavy atom. The molecule has 0 N–H and O–H groups in total. The topological polar surface area (TPSA) is 37.6 Å². The molecule has 4 nitrogen and oxygen atoms in total. The minimum absolute atomic E-state index is 0.00254. The van der Waals surface area contributed by atoms with Gasteiger partial charge in [-0.2, -0.15) is 5.10 Å². The molecule has 0 amide bonds. The average Bonchev–Trinajstić information content (AvgIpc) is 2.93. The Morgan fingerprint density at radius 2 is 2.33 bits per heavy atom. The van der Waals surface area contributed by atoms with Crippen molar-refractivity contribution in [3.63, 3.8) is 0 Å². The molecule has 0 aromatic carbocycles. The highest BCUT2D eigenvalue weighted by Gasteiger charge is 2.22. The van der Waals surface area contributed by atoms with Crippen molar-refractivity contribution in [1.82, 2.24) is 9.61 Å². The zero-order valence-electron chi connectivity index (χ0n) is 10.1. The summed E-state index contributed by atoms with van der Waals surface area (Å²) in [5.41, 5.74) is 2.36. The molecule has 1 atom stereocenters. The van der Waals surface area contributed by atoms with Crippen molar-refractivity contribution in [2.75, 3.05) is 18.0 Å². The minimum atomic E-state index is -0.744. The monoisotopic (exact) mass is 247 g/mol. The molecule has 3 heterocycles. The van der Waals surface area contributed by atoms with Crippen molar-refractivity contribution >= 4 is 17.0 Å². The normalized spacial score (nSPS) is 19.7. The third kappa shape index (κ3) is 1.75. The van der Waals surface area contributed by atoms with Gasteiger partial charge >= 0.3 is 0 Å². The molecule has 5 heteroatoms. The number of rotatable bonds is 2. The van der Waals surface area contributed by atoms with Gasteiger partial charge in [0.2, 0.25) is 0 Å². The Bertz CT molecular complexity index is 607. The number of carbonyl (C=O) groups excluding carboxylic acids is 1. The van der Waals surface area contributed by atoms with Crippen LogP contribution >= 0.6 is 0 Å². The molecule has 2 aromatic rings. The van der Waals surface area contributed by atoms with Gasteiger partial charge in [-0.25, -0.2) is 8.91 Å². The SMILES string of the molecule is CC(=O)c1cnn2cc(N3CC[C@@H](F)C3)ccc12. The van der Waals surface area contributed by atoms with Crippen LogP contribution in [0.25, 0.3) is 5.52 Å². The molecule has 1 saturated heterocycles. The third-order valence-corrected chi connectivity index (χ3v) is 3.38. The van der Waals surface area contributed by atoms with E-state index in [2.05, 4.69) is 5.10 Å². The van der Waals surface area contributed by atoms with E-state index < -0.39 is 6.17 Å². The van der Waals surface area contributed by atoms with E-state index in [1.807, 2.05) is 23.2 Å². The summed E-state index contributed by atoms with van der Waals surface area (Å²) in [6.45, 7) is 2.69. The van der Waals surface area contributed by atoms with E-state index in [-0.39, 0.29) is 5.78 Å². The standard InChI is InChI=1S/C13H14FN3O/c1-9(18)12-6-15-17-8-11(2-3-13(12)17)16-5-4-10(14)7-16/h2-3,6,8,10H,4-5,7H2,1H3/t10-/m1/s1. The minimum Gasteiger partial charge on any atom is -0.367 e. The van der Waals surface area contributed by atoms with E-state index in [1.165, 1.54) is 6.92 Å². The Labute approximate surface area is 104 Å². The molecule has 0 unspecified atom stereocenters. The van der Waals surface area contributed by atoms with Crippen LogP contribution in [-0.4, -0.2) is 34.7 Å². The highest BCUT2D eigenvalue weighted by molar-refractivity contribution is 6.00. The van der Waals surface area contributed by atoms with Gasteiger partial charge in [-0.1, -0.05) is 0 Å². The molecule has 1 aliphatic heterocycles. The van der Waals surface area contributed by atoms with Crippen molar-refractivity contribution in [1.29, 1.82) is 0 Å². The molecule has 2 aromatic heterocycles. The quantitative estimate of drug-likeness (QED) is 0.762. The first-order valence-electron chi connectivity index (χ1n) is 6.02. The van der Waals surface area contributed by atoms with Crippen LogP contribution in [-0.2, 0) is 0 Å². The van der Waals surface area contributed by atoms with Gasteiger partial charge in [0.15, 0.2) is 5.78 Å². The predicted octanol–water partition coefficient (Wildman–Crippen LogP) is 2.09. The summed E-state index contributed by atoms with van der Waals surface area (Å²) in [4.78, 5) is 13.4. The van der Waals surface area contributed by atoms with Crippen LogP contribution in [0.2, 0.25) is 0 Å². The van der Waals surface area contributed by atoms with Crippen LogP contribution < -0.4 is 4.90 Å². The van der Waals surface area contributed by atoms with Crippen molar-refractivity contribution in [3.8, 4) is 0 Å². The largest absolute Gasteiger partial charge is 0.367 e. The Morgan fingerprint density at radius 1 is 1.50 bits per heavy atom. The molecule has 18 heavy (non-hydrogen) atoms. The lowest BCUT2D eigenvalue weighted by Crippen LogP contribution is -2.20. The number of carbonyl (C=O) groups is 1. The number of Topliss-reactive ketones (excluding diaryl/α,β-unsaturated/α-hetero) is 1. The number of pyridine rings is 1. The lowest BCUT2D eigenvalue weighted by Gasteiger charge is -2.17. The van der Waals surface area contributed by atoms with E-state index in [0.29, 0.717) is 18.5 Å². The molecule has 3 rings (SSSR count). The fourth-order valence-corrected chi connectivity index (χ4v) is 2.38.